The van der Waals surface area contributed by atoms with E-state index in [0.29, 0.717) is 5.56 Å². The maximum atomic E-state index is 13.3. The predicted octanol–water partition coefficient (Wildman–Crippen LogP) is 3.34. The molecule has 34 heavy (non-hydrogen) atoms. The summed E-state index contributed by atoms with van der Waals surface area (Å²) in [4.78, 5) is 24.0. The average molecular weight is 480 g/mol. The van der Waals surface area contributed by atoms with E-state index in [2.05, 4.69) is 10.5 Å². The van der Waals surface area contributed by atoms with Crippen molar-refractivity contribution in [2.24, 2.45) is 5.10 Å². The summed E-state index contributed by atoms with van der Waals surface area (Å²) in [6.07, 6.45) is 1.21. The normalized spacial score (nSPS) is 11.6. The molecule has 0 unspecified atom stereocenters. The molecule has 0 aromatic heterocycles. The second-order valence-electron chi connectivity index (χ2n) is 7.76. The van der Waals surface area contributed by atoms with Crippen LogP contribution >= 0.6 is 0 Å². The third kappa shape index (κ3) is 6.37. The van der Waals surface area contributed by atoms with E-state index in [1.165, 1.54) is 24.4 Å². The molecule has 0 bridgehead atoms. The van der Waals surface area contributed by atoms with Gasteiger partial charge in [0.05, 0.1) is 23.2 Å². The number of benzene rings is 3. The summed E-state index contributed by atoms with van der Waals surface area (Å²) in [5.74, 6) is -1.78. The number of carbonyl (C=O) groups is 2. The lowest BCUT2D eigenvalue weighted by Gasteiger charge is -2.21. The Morgan fingerprint density at radius 3 is 2.15 bits per heavy atom. The summed E-state index contributed by atoms with van der Waals surface area (Å²) >= 11 is 0. The second-order valence-corrected chi connectivity index (χ2v) is 9.70. The van der Waals surface area contributed by atoms with E-state index >= 15 is 0 Å². The molecule has 0 saturated carbocycles. The smallest absolute Gasteiger partial charge is 0.336 e. The highest BCUT2D eigenvalue weighted by atomic mass is 32.2. The summed E-state index contributed by atoms with van der Waals surface area (Å²) in [7, 11) is -3.97. The Labute approximate surface area is 198 Å². The summed E-state index contributed by atoms with van der Waals surface area (Å²) in [6, 6.07) is 20.0. The first-order chi connectivity index (χ1) is 16.2. The highest BCUT2D eigenvalue weighted by Gasteiger charge is 2.27. The number of hydrazone groups is 1. The van der Waals surface area contributed by atoms with Crippen molar-refractivity contribution in [3.05, 3.63) is 101 Å². The van der Waals surface area contributed by atoms with Crippen molar-refractivity contribution < 1.29 is 23.1 Å². The summed E-state index contributed by atoms with van der Waals surface area (Å²) in [6.45, 7) is 3.31. The molecule has 0 radical (unpaired) electrons. The molecular formula is C25H25N3O5S. The van der Waals surface area contributed by atoms with Crippen molar-refractivity contribution in [3.8, 4) is 0 Å². The molecule has 2 N–H and O–H groups in total. The first-order valence-electron chi connectivity index (χ1n) is 10.4. The summed E-state index contributed by atoms with van der Waals surface area (Å²) in [5, 5.41) is 13.1. The molecule has 0 heterocycles. The number of aromatic carboxylic acids is 1. The first kappa shape index (κ1) is 24.8. The second kappa shape index (κ2) is 10.9. The molecule has 176 valence electrons. The van der Waals surface area contributed by atoms with Gasteiger partial charge >= 0.3 is 5.97 Å². The van der Waals surface area contributed by atoms with Crippen LogP contribution < -0.4 is 5.43 Å². The van der Waals surface area contributed by atoms with Gasteiger partial charge in [-0.05, 0) is 37.6 Å². The van der Waals surface area contributed by atoms with Crippen LogP contribution in [-0.4, -0.2) is 42.5 Å². The predicted molar refractivity (Wildman–Crippen MR) is 129 cm³/mol. The molecule has 3 rings (SSSR count). The molecule has 0 spiro atoms. The van der Waals surface area contributed by atoms with Crippen LogP contribution in [0.2, 0.25) is 0 Å². The lowest BCUT2D eigenvalue weighted by molar-refractivity contribution is -0.121. The Kier molecular flexibility index (Phi) is 7.93. The van der Waals surface area contributed by atoms with E-state index in [0.717, 1.165) is 21.0 Å². The van der Waals surface area contributed by atoms with Crippen molar-refractivity contribution in [1.82, 2.24) is 9.73 Å². The van der Waals surface area contributed by atoms with E-state index in [9.17, 15) is 23.1 Å². The number of sulfonamides is 1. The Morgan fingerprint density at radius 1 is 0.941 bits per heavy atom. The molecule has 8 nitrogen and oxygen atoms in total. The van der Waals surface area contributed by atoms with Crippen LogP contribution in [0.5, 0.6) is 0 Å². The van der Waals surface area contributed by atoms with Gasteiger partial charge in [-0.1, -0.05) is 65.7 Å². The summed E-state index contributed by atoms with van der Waals surface area (Å²) < 4.78 is 27.7. The van der Waals surface area contributed by atoms with Gasteiger partial charge in [-0.15, -0.1) is 0 Å². The van der Waals surface area contributed by atoms with Gasteiger partial charge in [0.15, 0.2) is 0 Å². The number of nitrogens with zero attached hydrogens (tertiary/aromatic N) is 2. The minimum Gasteiger partial charge on any atom is -0.478 e. The Bertz CT molecular complexity index is 1300. The molecular weight excluding hydrogens is 454 g/mol. The average Bonchev–Trinajstić information content (AvgIpc) is 2.80. The quantitative estimate of drug-likeness (QED) is 0.361. The number of amides is 1. The van der Waals surface area contributed by atoms with Gasteiger partial charge in [-0.3, -0.25) is 4.79 Å². The molecule has 0 aliphatic heterocycles. The third-order valence-corrected chi connectivity index (χ3v) is 6.85. The monoisotopic (exact) mass is 479 g/mol. The van der Waals surface area contributed by atoms with Gasteiger partial charge in [0.25, 0.3) is 5.91 Å². The highest BCUT2D eigenvalue weighted by Crippen LogP contribution is 2.19. The van der Waals surface area contributed by atoms with Crippen molar-refractivity contribution >= 4 is 28.1 Å². The number of nitrogens with one attached hydrogen (secondary N) is 1. The Hall–Kier alpha value is -3.82. The van der Waals surface area contributed by atoms with Gasteiger partial charge in [0.1, 0.15) is 0 Å². The largest absolute Gasteiger partial charge is 0.478 e. The van der Waals surface area contributed by atoms with E-state index in [4.69, 9.17) is 0 Å². The topological polar surface area (TPSA) is 116 Å². The number of carboxylic acid groups (broad SMARTS) is 1. The first-order valence-corrected chi connectivity index (χ1v) is 11.9. The van der Waals surface area contributed by atoms with Crippen LogP contribution in [0.4, 0.5) is 0 Å². The molecule has 9 heteroatoms. The number of carbonyl (C=O) groups excluding carboxylic acids is 1. The SMILES string of the molecule is Cc1ccc(CN(CC(=O)NN=Cc2ccccc2C(=O)O)S(=O)(=O)c2ccc(C)cc2)cc1. The maximum Gasteiger partial charge on any atom is 0.336 e. The minimum atomic E-state index is -3.97. The number of carboxylic acids is 1. The zero-order chi connectivity index (χ0) is 24.7. The van der Waals surface area contributed by atoms with E-state index < -0.39 is 28.4 Å². The van der Waals surface area contributed by atoms with Gasteiger partial charge < -0.3 is 5.11 Å². The van der Waals surface area contributed by atoms with E-state index in [1.54, 1.807) is 30.3 Å². The number of aryl methyl sites for hydroxylation is 2. The van der Waals surface area contributed by atoms with Gasteiger partial charge in [0.2, 0.25) is 10.0 Å². The zero-order valence-electron chi connectivity index (χ0n) is 18.8. The lowest BCUT2D eigenvalue weighted by Crippen LogP contribution is -2.39. The van der Waals surface area contributed by atoms with E-state index in [1.807, 2.05) is 38.1 Å². The van der Waals surface area contributed by atoms with Gasteiger partial charge in [-0.2, -0.15) is 9.41 Å². The fourth-order valence-electron chi connectivity index (χ4n) is 3.16. The molecule has 0 atom stereocenters. The lowest BCUT2D eigenvalue weighted by atomic mass is 10.1. The van der Waals surface area contributed by atoms with Crippen LogP contribution in [0.15, 0.2) is 82.8 Å². The molecule has 0 aliphatic carbocycles. The van der Waals surface area contributed by atoms with Crippen LogP contribution in [0.3, 0.4) is 0 Å². The molecule has 0 fully saturated rings. The number of rotatable bonds is 9. The number of hydrogen-bond donors (Lipinski definition) is 2. The van der Waals surface area contributed by atoms with Gasteiger partial charge in [0, 0.05) is 12.1 Å². The number of hydrogen-bond acceptors (Lipinski definition) is 5. The third-order valence-electron chi connectivity index (χ3n) is 5.04. The minimum absolute atomic E-state index is 0.00449. The zero-order valence-corrected chi connectivity index (χ0v) is 19.6. The van der Waals surface area contributed by atoms with Crippen LogP contribution in [-0.2, 0) is 21.4 Å². The van der Waals surface area contributed by atoms with Gasteiger partial charge in [-0.25, -0.2) is 18.6 Å². The van der Waals surface area contributed by atoms with Crippen LogP contribution in [0.1, 0.15) is 32.6 Å². The summed E-state index contributed by atoms with van der Waals surface area (Å²) in [5.41, 5.74) is 5.30. The molecule has 0 saturated heterocycles. The fraction of sp³-hybridized carbons (Fsp3) is 0.160. The molecule has 3 aromatic rings. The van der Waals surface area contributed by atoms with E-state index in [-0.39, 0.29) is 17.0 Å². The van der Waals surface area contributed by atoms with Crippen molar-refractivity contribution in [1.29, 1.82) is 0 Å². The molecule has 3 aromatic carbocycles. The van der Waals surface area contributed by atoms with Crippen LogP contribution in [0.25, 0.3) is 0 Å². The Balaban J connectivity index is 1.80. The molecule has 0 aliphatic rings. The maximum absolute atomic E-state index is 13.3. The highest BCUT2D eigenvalue weighted by molar-refractivity contribution is 7.89. The van der Waals surface area contributed by atoms with Crippen molar-refractivity contribution in [2.45, 2.75) is 25.3 Å². The standard InChI is InChI=1S/C25H25N3O5S/c1-18-7-11-20(12-8-18)16-28(34(32,33)22-13-9-19(2)10-14-22)17-24(29)27-26-15-21-5-3-4-6-23(21)25(30)31/h3-15H,16-17H2,1-2H3,(H,27,29)(H,30,31). The Morgan fingerprint density at radius 2 is 1.53 bits per heavy atom. The molecule has 1 amide bonds. The van der Waals surface area contributed by atoms with Crippen LogP contribution in [0, 0.1) is 13.8 Å². The fourth-order valence-corrected chi connectivity index (χ4v) is 4.54. The van der Waals surface area contributed by atoms with Crippen molar-refractivity contribution in [3.63, 3.8) is 0 Å². The van der Waals surface area contributed by atoms with Crippen molar-refractivity contribution in [2.75, 3.05) is 6.54 Å².